The van der Waals surface area contributed by atoms with E-state index in [0.29, 0.717) is 32.1 Å². The highest BCUT2D eigenvalue weighted by molar-refractivity contribution is 6.33. The van der Waals surface area contributed by atoms with E-state index in [4.69, 9.17) is 27.1 Å². The maximum Gasteiger partial charge on any atom is 0.333 e. The number of hydrogen-bond donors (Lipinski definition) is 1. The summed E-state index contributed by atoms with van der Waals surface area (Å²) in [6, 6.07) is 12.1. The van der Waals surface area contributed by atoms with E-state index in [2.05, 4.69) is 10.1 Å². The molecule has 1 fully saturated rings. The van der Waals surface area contributed by atoms with E-state index in [1.54, 1.807) is 24.4 Å². The zero-order valence-electron chi connectivity index (χ0n) is 28.2. The van der Waals surface area contributed by atoms with Gasteiger partial charge in [0.15, 0.2) is 11.5 Å². The summed E-state index contributed by atoms with van der Waals surface area (Å²) in [5.41, 5.74) is 7.50. The van der Waals surface area contributed by atoms with Crippen LogP contribution in [0.5, 0.6) is 0 Å². The largest absolute Gasteiger partial charge is 0.463 e. The Morgan fingerprint density at radius 2 is 1.90 bits per heavy atom. The first-order valence-corrected chi connectivity index (χ1v) is 16.7. The highest BCUT2D eigenvalue weighted by Gasteiger charge is 2.54. The molecule has 2 atom stereocenters. The number of nitrogens with zero attached hydrogens (tertiary/aromatic N) is 5. The minimum atomic E-state index is -2.85. The third-order valence-corrected chi connectivity index (χ3v) is 9.30. The summed E-state index contributed by atoms with van der Waals surface area (Å²) >= 11 is 6.67. The van der Waals surface area contributed by atoms with Gasteiger partial charge >= 0.3 is 12.5 Å². The van der Waals surface area contributed by atoms with Crippen LogP contribution < -0.4 is 5.73 Å². The lowest BCUT2D eigenvalue weighted by Gasteiger charge is -2.35. The van der Waals surface area contributed by atoms with Crippen LogP contribution in [-0.2, 0) is 19.9 Å². The number of carbonyl (C=O) groups is 2. The molecule has 9 nitrogen and oxygen atoms in total. The Hall–Kier alpha value is -4.71. The Bertz CT molecular complexity index is 1970. The number of nitrogens with two attached hydrogens (primary N) is 1. The summed E-state index contributed by atoms with van der Waals surface area (Å²) in [4.78, 5) is 38.3. The molecular formula is C37H38ClF3N6O3. The van der Waals surface area contributed by atoms with Crippen molar-refractivity contribution < 1.29 is 27.5 Å². The fraction of sp³-hybridized carbons (Fsp3) is 0.378. The van der Waals surface area contributed by atoms with Gasteiger partial charge in [-0.1, -0.05) is 56.6 Å². The third-order valence-electron chi connectivity index (χ3n) is 8.97. The number of guanidine groups is 1. The molecule has 50 heavy (non-hydrogen) atoms. The van der Waals surface area contributed by atoms with E-state index in [-0.39, 0.29) is 42.5 Å². The molecule has 0 bridgehead atoms. The number of aryl methyl sites for hydroxylation is 1. The summed E-state index contributed by atoms with van der Waals surface area (Å²) in [5, 5.41) is 4.07. The lowest BCUT2D eigenvalue weighted by Crippen LogP contribution is -2.47. The van der Waals surface area contributed by atoms with Gasteiger partial charge in [-0.2, -0.15) is 13.9 Å². The molecule has 2 aliphatic rings. The molecule has 1 amide bonds. The molecule has 2 aromatic heterocycles. The molecule has 0 spiro atoms. The molecule has 2 aromatic carbocycles. The van der Waals surface area contributed by atoms with Crippen LogP contribution in [0.2, 0.25) is 5.02 Å². The lowest BCUT2D eigenvalue weighted by molar-refractivity contribution is -0.148. The average molecular weight is 707 g/mol. The molecule has 3 heterocycles. The average Bonchev–Trinajstić information content (AvgIpc) is 3.64. The molecular weight excluding hydrogens is 669 g/mol. The number of rotatable bonds is 11. The van der Waals surface area contributed by atoms with Gasteiger partial charge in [0, 0.05) is 40.5 Å². The second-order valence-corrected chi connectivity index (χ2v) is 14.6. The first-order valence-electron chi connectivity index (χ1n) is 16.4. The molecule has 4 aromatic rings. The monoisotopic (exact) mass is 706 g/mol. The van der Waals surface area contributed by atoms with Gasteiger partial charge in [-0.05, 0) is 78.5 Å². The van der Waals surface area contributed by atoms with E-state index in [0.717, 1.165) is 24.6 Å². The van der Waals surface area contributed by atoms with Crippen molar-refractivity contribution in [2.75, 3.05) is 6.61 Å². The summed E-state index contributed by atoms with van der Waals surface area (Å²) in [5.74, 6) is -1.65. The predicted octanol–water partition coefficient (Wildman–Crippen LogP) is 7.98. The Balaban J connectivity index is 1.43. The van der Waals surface area contributed by atoms with Gasteiger partial charge in [0.1, 0.15) is 12.4 Å². The van der Waals surface area contributed by atoms with Crippen molar-refractivity contribution >= 4 is 29.4 Å². The molecule has 6 rings (SSSR count). The number of aliphatic imine (C=N–C) groups is 1. The summed E-state index contributed by atoms with van der Waals surface area (Å²) in [7, 11) is 0. The SMILES string of the molecule is Cc1cccnc1-c1cc([C@@H](COC(=O)CC2CC2)N2C(=O)[C@@](CC(C)(C)C)(c3ccc(-c4cnn(C(F)F)c4)cc3F)N=C2N)ccc1Cl. The van der Waals surface area contributed by atoms with Gasteiger partial charge in [0.25, 0.3) is 5.91 Å². The van der Waals surface area contributed by atoms with Gasteiger partial charge in [-0.25, -0.2) is 14.1 Å². The van der Waals surface area contributed by atoms with Crippen molar-refractivity contribution in [3.05, 3.63) is 94.7 Å². The fourth-order valence-corrected chi connectivity index (χ4v) is 6.69. The highest BCUT2D eigenvalue weighted by Crippen LogP contribution is 2.46. The molecule has 1 aliphatic carbocycles. The predicted molar refractivity (Wildman–Crippen MR) is 184 cm³/mol. The summed E-state index contributed by atoms with van der Waals surface area (Å²) in [6.45, 7) is 4.52. The molecule has 13 heteroatoms. The maximum absolute atomic E-state index is 16.3. The molecule has 1 saturated carbocycles. The van der Waals surface area contributed by atoms with Gasteiger partial charge in [-0.15, -0.1) is 0 Å². The number of hydrogen-bond acceptors (Lipinski definition) is 7. The van der Waals surface area contributed by atoms with Gasteiger partial charge in [-0.3, -0.25) is 19.5 Å². The van der Waals surface area contributed by atoms with Crippen LogP contribution in [0, 0.1) is 24.1 Å². The van der Waals surface area contributed by atoms with Crippen molar-refractivity contribution in [3.8, 4) is 22.4 Å². The van der Waals surface area contributed by atoms with Crippen LogP contribution in [-0.4, -0.2) is 44.1 Å². The Morgan fingerprint density at radius 1 is 1.14 bits per heavy atom. The van der Waals surface area contributed by atoms with Gasteiger partial charge < -0.3 is 10.5 Å². The summed E-state index contributed by atoms with van der Waals surface area (Å²) in [6.07, 6.45) is 6.25. The van der Waals surface area contributed by atoms with Crippen LogP contribution in [0.15, 0.2) is 72.1 Å². The summed E-state index contributed by atoms with van der Waals surface area (Å²) < 4.78 is 48.9. The number of amides is 1. The number of esters is 1. The molecule has 0 unspecified atom stereocenters. The van der Waals surface area contributed by atoms with Crippen molar-refractivity contribution in [1.82, 2.24) is 19.7 Å². The van der Waals surface area contributed by atoms with Crippen molar-refractivity contribution in [2.24, 2.45) is 22.1 Å². The van der Waals surface area contributed by atoms with Crippen molar-refractivity contribution in [3.63, 3.8) is 0 Å². The number of pyridine rings is 1. The minimum absolute atomic E-state index is 0.0294. The zero-order chi connectivity index (χ0) is 36.0. The second-order valence-electron chi connectivity index (χ2n) is 14.2. The maximum atomic E-state index is 16.3. The van der Waals surface area contributed by atoms with E-state index >= 15 is 4.39 Å². The molecule has 0 radical (unpaired) electrons. The lowest BCUT2D eigenvalue weighted by atomic mass is 9.75. The van der Waals surface area contributed by atoms with E-state index < -0.39 is 41.2 Å². The normalized spacial score (nSPS) is 18.5. The number of halogens is 4. The van der Waals surface area contributed by atoms with Crippen LogP contribution in [0.3, 0.4) is 0 Å². The first-order chi connectivity index (χ1) is 23.7. The second kappa shape index (κ2) is 13.5. The van der Waals surface area contributed by atoms with Crippen LogP contribution >= 0.6 is 11.6 Å². The Labute approximate surface area is 293 Å². The van der Waals surface area contributed by atoms with E-state index in [1.807, 2.05) is 39.8 Å². The zero-order valence-corrected chi connectivity index (χ0v) is 28.9. The Kier molecular flexibility index (Phi) is 9.51. The molecule has 262 valence electrons. The smallest absolute Gasteiger partial charge is 0.333 e. The minimum Gasteiger partial charge on any atom is -0.463 e. The first kappa shape index (κ1) is 35.1. The number of benzene rings is 2. The number of aromatic nitrogens is 3. The van der Waals surface area contributed by atoms with Gasteiger partial charge in [0.2, 0.25) is 0 Å². The topological polar surface area (TPSA) is 116 Å². The van der Waals surface area contributed by atoms with Crippen LogP contribution in [0.25, 0.3) is 22.4 Å². The highest BCUT2D eigenvalue weighted by atomic mass is 35.5. The number of carbonyl (C=O) groups excluding carboxylic acids is 2. The third kappa shape index (κ3) is 7.12. The molecule has 1 aliphatic heterocycles. The van der Waals surface area contributed by atoms with Crippen molar-refractivity contribution in [2.45, 2.75) is 71.5 Å². The van der Waals surface area contributed by atoms with Crippen molar-refractivity contribution in [1.29, 1.82) is 0 Å². The van der Waals surface area contributed by atoms with Gasteiger partial charge in [0.05, 0.1) is 17.9 Å². The van der Waals surface area contributed by atoms with E-state index in [9.17, 15) is 18.4 Å². The molecule has 2 N–H and O–H groups in total. The number of alkyl halides is 2. The standard InChI is InChI=1S/C37H38ClF3N6O3/c1-21-6-5-13-43-32(21)26-15-24(10-12-28(26)38)30(19-50-31(48)14-22-7-8-22)47-33(49)37(45-35(47)42,20-36(2,3)4)27-11-9-23(16-29(27)39)25-17-44-46(18-25)34(40)41/h5-6,9-13,15-18,22,30,34H,7-8,14,19-20H2,1-4H3,(H2,42,45)/t30-,37-/m1/s1. The fourth-order valence-electron chi connectivity index (χ4n) is 6.49. The quantitative estimate of drug-likeness (QED) is 0.158. The van der Waals surface area contributed by atoms with E-state index in [1.165, 1.54) is 29.3 Å². The Morgan fingerprint density at radius 3 is 2.54 bits per heavy atom. The van der Waals surface area contributed by atoms with Crippen LogP contribution in [0.4, 0.5) is 13.2 Å². The number of ether oxygens (including phenoxy) is 1. The molecule has 0 saturated heterocycles. The van der Waals surface area contributed by atoms with Crippen LogP contribution in [0.1, 0.15) is 75.7 Å².